The lowest BCUT2D eigenvalue weighted by atomic mass is 9.47. The Balaban J connectivity index is 1.72. The molecule has 11 nitrogen and oxygen atoms in total. The Morgan fingerprint density at radius 2 is 1.49 bits per heavy atom. The summed E-state index contributed by atoms with van der Waals surface area (Å²) in [5.41, 5.74) is -5.32. The van der Waals surface area contributed by atoms with Gasteiger partial charge in [0, 0.05) is 27.1 Å². The summed E-state index contributed by atoms with van der Waals surface area (Å²) in [6, 6.07) is 17.5. The predicted octanol–water partition coefficient (Wildman–Crippen LogP) is 4.56. The highest BCUT2D eigenvalue weighted by Crippen LogP contribution is 2.69. The first kappa shape index (κ1) is 34.1. The van der Waals surface area contributed by atoms with Crippen LogP contribution in [0.2, 0.25) is 0 Å². The number of hydrogen-bond donors (Lipinski definition) is 1. The third-order valence-electron chi connectivity index (χ3n) is 9.97. The maximum absolute atomic E-state index is 13.8. The highest BCUT2D eigenvalue weighted by atomic mass is 16.6. The molecule has 1 aliphatic heterocycles. The number of hydrogen-bond acceptors (Lipinski definition) is 10. The Morgan fingerprint density at radius 1 is 0.872 bits per heavy atom. The van der Waals surface area contributed by atoms with E-state index in [0.29, 0.717) is 0 Å². The second-order valence-electron chi connectivity index (χ2n) is 13.7. The molecule has 2 saturated carbocycles. The van der Waals surface area contributed by atoms with Crippen molar-refractivity contribution in [1.82, 2.24) is 4.90 Å². The molecule has 8 atom stereocenters. The van der Waals surface area contributed by atoms with Crippen molar-refractivity contribution in [3.63, 3.8) is 0 Å². The van der Waals surface area contributed by atoms with Crippen molar-refractivity contribution in [2.24, 2.45) is 11.3 Å². The number of ether oxygens (including phenoxy) is 5. The van der Waals surface area contributed by atoms with Crippen molar-refractivity contribution in [3.8, 4) is 0 Å². The summed E-state index contributed by atoms with van der Waals surface area (Å²) in [7, 11) is 3.04. The fourth-order valence-electron chi connectivity index (χ4n) is 7.94. The number of benzene rings is 2. The van der Waals surface area contributed by atoms with E-state index in [1.165, 1.54) is 32.0 Å². The Labute approximate surface area is 274 Å². The summed E-state index contributed by atoms with van der Waals surface area (Å²) in [6.45, 7) is 8.00. The fraction of sp³-hybridized carbons (Fsp3) is 0.500. The molecule has 0 aromatic heterocycles. The molecule has 0 unspecified atom stereocenters. The Hall–Kier alpha value is -4.22. The summed E-state index contributed by atoms with van der Waals surface area (Å²) in [5.74, 6) is -3.02. The highest BCUT2D eigenvalue weighted by Gasteiger charge is 2.85. The molecule has 1 amide bonds. The third kappa shape index (κ3) is 5.80. The molecule has 3 aliphatic rings. The van der Waals surface area contributed by atoms with Gasteiger partial charge in [-0.2, -0.15) is 0 Å². The zero-order valence-electron chi connectivity index (χ0n) is 27.8. The Bertz CT molecular complexity index is 1540. The van der Waals surface area contributed by atoms with E-state index < -0.39 is 76.6 Å². The van der Waals surface area contributed by atoms with Crippen molar-refractivity contribution in [3.05, 3.63) is 77.9 Å². The molecule has 2 aromatic rings. The normalized spacial score (nSPS) is 33.7. The number of rotatable bonds is 7. The van der Waals surface area contributed by atoms with Crippen LogP contribution < -0.4 is 0 Å². The fourth-order valence-corrected chi connectivity index (χ4v) is 7.94. The van der Waals surface area contributed by atoms with Crippen molar-refractivity contribution < 1.29 is 48.0 Å². The van der Waals surface area contributed by atoms with Crippen molar-refractivity contribution in [2.45, 2.75) is 88.7 Å². The van der Waals surface area contributed by atoms with Crippen molar-refractivity contribution >= 4 is 30.1 Å². The summed E-state index contributed by atoms with van der Waals surface area (Å²) in [6.07, 6.45) is -2.46. The van der Waals surface area contributed by atoms with Crippen LogP contribution in [0.5, 0.6) is 0 Å². The molecular weight excluding hydrogens is 606 g/mol. The number of esters is 3. The van der Waals surface area contributed by atoms with Crippen molar-refractivity contribution in [1.29, 1.82) is 0 Å². The third-order valence-corrected chi connectivity index (χ3v) is 9.97. The van der Waals surface area contributed by atoms with E-state index in [1.54, 1.807) is 64.1 Å². The van der Waals surface area contributed by atoms with Crippen LogP contribution in [0.4, 0.5) is 4.79 Å². The molecule has 11 heteroatoms. The smallest absolute Gasteiger partial charge is 0.409 e. The van der Waals surface area contributed by atoms with Crippen LogP contribution in [0.15, 0.2) is 66.7 Å². The maximum atomic E-state index is 13.8. The van der Waals surface area contributed by atoms with Crippen LogP contribution in [0.3, 0.4) is 0 Å². The van der Waals surface area contributed by atoms with Gasteiger partial charge >= 0.3 is 24.0 Å². The zero-order valence-corrected chi connectivity index (χ0v) is 27.8. The topological polar surface area (TPSA) is 138 Å². The van der Waals surface area contributed by atoms with Gasteiger partial charge in [0.05, 0.1) is 28.1 Å². The molecule has 2 aliphatic carbocycles. The lowest BCUT2D eigenvalue weighted by Gasteiger charge is -2.65. The number of aliphatic hydroxyl groups is 1. The van der Waals surface area contributed by atoms with Crippen LogP contribution in [0, 0.1) is 11.3 Å². The van der Waals surface area contributed by atoms with E-state index in [0.717, 1.165) is 5.56 Å². The molecular formula is C36H43NO10. The Kier molecular flexibility index (Phi) is 9.02. The van der Waals surface area contributed by atoms with Gasteiger partial charge in [-0.1, -0.05) is 48.5 Å². The van der Waals surface area contributed by atoms with Crippen LogP contribution in [-0.2, 0) is 33.3 Å². The molecule has 252 valence electrons. The van der Waals surface area contributed by atoms with Crippen molar-refractivity contribution in [2.75, 3.05) is 14.1 Å². The van der Waals surface area contributed by atoms with E-state index >= 15 is 0 Å². The molecule has 1 spiro atoms. The predicted molar refractivity (Wildman–Crippen MR) is 170 cm³/mol. The highest BCUT2D eigenvalue weighted by molar-refractivity contribution is 5.90. The summed E-state index contributed by atoms with van der Waals surface area (Å²) in [4.78, 5) is 54.6. The number of fused-ring (bicyclic) bond motifs is 1. The molecule has 2 aromatic carbocycles. The maximum Gasteiger partial charge on any atom is 0.409 e. The molecule has 0 radical (unpaired) electrons. The van der Waals surface area contributed by atoms with Crippen LogP contribution in [0.25, 0.3) is 6.08 Å². The number of carbonyl (C=O) groups excluding carboxylic acids is 4. The first-order valence-electron chi connectivity index (χ1n) is 15.7. The molecule has 1 saturated heterocycles. The minimum atomic E-state index is -1.79. The van der Waals surface area contributed by atoms with Gasteiger partial charge in [0.1, 0.15) is 23.9 Å². The van der Waals surface area contributed by atoms with Gasteiger partial charge in [-0.05, 0) is 64.3 Å². The summed E-state index contributed by atoms with van der Waals surface area (Å²) < 4.78 is 31.6. The summed E-state index contributed by atoms with van der Waals surface area (Å²) >= 11 is 0. The first-order chi connectivity index (χ1) is 22.0. The monoisotopic (exact) mass is 649 g/mol. The van der Waals surface area contributed by atoms with E-state index in [9.17, 15) is 24.3 Å². The molecule has 3 fully saturated rings. The van der Waals surface area contributed by atoms with Crippen LogP contribution in [0.1, 0.15) is 63.4 Å². The van der Waals surface area contributed by atoms with Gasteiger partial charge in [0.15, 0.2) is 6.10 Å². The second-order valence-corrected chi connectivity index (χ2v) is 13.7. The van der Waals surface area contributed by atoms with Gasteiger partial charge < -0.3 is 33.7 Å². The molecule has 5 rings (SSSR count). The standard InChI is InChI=1S/C36H43NO10/c1-22(38)43-25-20-21-34(4,42)36-29(46-32(41)37(6)7)27(33(2,3)47-36)28(44-26(39)19-18-23-14-10-8-11-15-23)30(35(25,36)5)45-31(40)24-16-12-9-13-17-24/h8-19,25,27-30,42H,20-21H2,1-7H3/b19-18+/t25-,27+,28-,29+,30-,34-,35-,36-/m0/s1. The summed E-state index contributed by atoms with van der Waals surface area (Å²) in [5, 5.41) is 12.3. The van der Waals surface area contributed by atoms with Crippen LogP contribution >= 0.6 is 0 Å². The minimum absolute atomic E-state index is 0.100. The molecule has 47 heavy (non-hydrogen) atoms. The number of carbonyl (C=O) groups is 4. The average Bonchev–Trinajstić information content (AvgIpc) is 3.23. The van der Waals surface area contributed by atoms with Gasteiger partial charge in [0.2, 0.25) is 0 Å². The second kappa shape index (κ2) is 12.4. The van der Waals surface area contributed by atoms with Crippen LogP contribution in [-0.4, -0.2) is 89.3 Å². The van der Waals surface area contributed by atoms with Gasteiger partial charge in [0.25, 0.3) is 0 Å². The largest absolute Gasteiger partial charge is 0.462 e. The molecule has 1 N–H and O–H groups in total. The molecule has 2 bridgehead atoms. The lowest BCUT2D eigenvalue weighted by Crippen LogP contribution is -2.81. The van der Waals surface area contributed by atoms with E-state index in [4.69, 9.17) is 23.7 Å². The van der Waals surface area contributed by atoms with Gasteiger partial charge in [-0.15, -0.1) is 0 Å². The van der Waals surface area contributed by atoms with E-state index in [-0.39, 0.29) is 18.4 Å². The van der Waals surface area contributed by atoms with E-state index in [1.807, 2.05) is 30.3 Å². The quantitative estimate of drug-likeness (QED) is 0.258. The van der Waals surface area contributed by atoms with Gasteiger partial charge in [-0.3, -0.25) is 4.79 Å². The van der Waals surface area contributed by atoms with Gasteiger partial charge in [-0.25, -0.2) is 14.4 Å². The minimum Gasteiger partial charge on any atom is -0.462 e. The SMILES string of the molecule is CC(=O)O[C@H]1CC[C@](C)(O)[C@]23OC(C)(C)[C@H]([C@H](OC(=O)/C=C/c4ccccc4)[C@H](OC(=O)c4ccccc4)[C@]12C)[C@H]3OC(=O)N(C)C. The molecule has 1 heterocycles. The average molecular weight is 650 g/mol. The number of amides is 1. The number of nitrogens with zero attached hydrogens (tertiary/aromatic N) is 1. The van der Waals surface area contributed by atoms with E-state index in [2.05, 4.69) is 0 Å². The zero-order chi connectivity index (χ0) is 34.4. The Morgan fingerprint density at radius 3 is 2.09 bits per heavy atom. The lowest BCUT2D eigenvalue weighted by molar-refractivity contribution is -0.335. The first-order valence-corrected chi connectivity index (χ1v) is 15.7.